The van der Waals surface area contributed by atoms with E-state index in [4.69, 9.17) is 4.74 Å². The highest BCUT2D eigenvalue weighted by Crippen LogP contribution is 2.24. The van der Waals surface area contributed by atoms with Gasteiger partial charge in [-0.2, -0.15) is 0 Å². The highest BCUT2D eigenvalue weighted by molar-refractivity contribution is 5.96. The molecule has 0 saturated carbocycles. The van der Waals surface area contributed by atoms with Crippen molar-refractivity contribution in [3.8, 4) is 11.5 Å². The van der Waals surface area contributed by atoms with E-state index in [1.807, 2.05) is 43.3 Å². The molecule has 0 radical (unpaired) electrons. The summed E-state index contributed by atoms with van der Waals surface area (Å²) in [6.45, 7) is 2.68. The van der Waals surface area contributed by atoms with Gasteiger partial charge in [0, 0.05) is 18.5 Å². The molecule has 3 aromatic rings. The predicted octanol–water partition coefficient (Wildman–Crippen LogP) is 2.99. The minimum absolute atomic E-state index is 0.0937. The number of hydrogen-bond donors (Lipinski definition) is 2. The highest BCUT2D eigenvalue weighted by Gasteiger charge is 2.30. The summed E-state index contributed by atoms with van der Waals surface area (Å²) in [5.74, 6) is 0.863. The van der Waals surface area contributed by atoms with Gasteiger partial charge < -0.3 is 15.0 Å². The fourth-order valence-corrected chi connectivity index (χ4v) is 2.96. The third kappa shape index (κ3) is 2.76. The van der Waals surface area contributed by atoms with Gasteiger partial charge in [0.15, 0.2) is 5.82 Å². The Morgan fingerprint density at radius 3 is 3.00 bits per heavy atom. The standard InChI is InChI=1S/C18H18N4O2/c1-11-7-9-24-16(11)18(23)20-12-5-6-13-15(10-12)22-17(21-13)14-4-2-3-8-19-14/h2-6,8,10-11,16H,7,9H2,1H3,(H,20,23)(H,21,22)/t11-,16-/m0/s1. The van der Waals surface area contributed by atoms with Crippen molar-refractivity contribution in [2.24, 2.45) is 5.92 Å². The van der Waals surface area contributed by atoms with E-state index in [2.05, 4.69) is 20.3 Å². The molecule has 3 heterocycles. The van der Waals surface area contributed by atoms with Crippen LogP contribution in [0.5, 0.6) is 0 Å². The van der Waals surface area contributed by atoms with E-state index < -0.39 is 0 Å². The Hall–Kier alpha value is -2.73. The van der Waals surface area contributed by atoms with Crippen molar-refractivity contribution in [1.82, 2.24) is 15.0 Å². The topological polar surface area (TPSA) is 79.9 Å². The van der Waals surface area contributed by atoms with E-state index in [0.29, 0.717) is 12.4 Å². The average Bonchev–Trinajstić information content (AvgIpc) is 3.21. The summed E-state index contributed by atoms with van der Waals surface area (Å²) in [4.78, 5) is 24.4. The van der Waals surface area contributed by atoms with Crippen LogP contribution in [0.2, 0.25) is 0 Å². The molecule has 0 bridgehead atoms. The Balaban J connectivity index is 1.58. The summed E-state index contributed by atoms with van der Waals surface area (Å²) in [7, 11) is 0. The number of fused-ring (bicyclic) bond motifs is 1. The molecule has 1 aromatic carbocycles. The second kappa shape index (κ2) is 6.05. The van der Waals surface area contributed by atoms with Gasteiger partial charge in [-0.3, -0.25) is 9.78 Å². The fraction of sp³-hybridized carbons (Fsp3) is 0.278. The number of benzene rings is 1. The molecule has 6 heteroatoms. The summed E-state index contributed by atoms with van der Waals surface area (Å²) in [6.07, 6.45) is 2.29. The third-order valence-corrected chi connectivity index (χ3v) is 4.30. The number of ether oxygens (including phenoxy) is 1. The monoisotopic (exact) mass is 322 g/mol. The number of imidazole rings is 1. The zero-order chi connectivity index (χ0) is 16.5. The largest absolute Gasteiger partial charge is 0.368 e. The number of nitrogens with one attached hydrogen (secondary N) is 2. The molecular weight excluding hydrogens is 304 g/mol. The lowest BCUT2D eigenvalue weighted by Crippen LogP contribution is -2.31. The first-order valence-corrected chi connectivity index (χ1v) is 8.04. The fourth-order valence-electron chi connectivity index (χ4n) is 2.96. The van der Waals surface area contributed by atoms with E-state index in [1.165, 1.54) is 0 Å². The summed E-state index contributed by atoms with van der Waals surface area (Å²) in [5, 5.41) is 2.93. The summed E-state index contributed by atoms with van der Waals surface area (Å²) >= 11 is 0. The first-order valence-electron chi connectivity index (χ1n) is 8.04. The average molecular weight is 322 g/mol. The number of carbonyl (C=O) groups is 1. The molecule has 6 nitrogen and oxygen atoms in total. The van der Waals surface area contributed by atoms with Crippen LogP contribution in [-0.2, 0) is 9.53 Å². The van der Waals surface area contributed by atoms with Crippen LogP contribution in [0.4, 0.5) is 5.69 Å². The van der Waals surface area contributed by atoms with Crippen LogP contribution in [0.1, 0.15) is 13.3 Å². The Labute approximate surface area is 139 Å². The van der Waals surface area contributed by atoms with E-state index >= 15 is 0 Å². The van der Waals surface area contributed by atoms with Gasteiger partial charge in [0.25, 0.3) is 5.91 Å². The van der Waals surface area contributed by atoms with E-state index in [0.717, 1.165) is 28.8 Å². The van der Waals surface area contributed by atoms with Crippen molar-refractivity contribution in [3.05, 3.63) is 42.6 Å². The summed E-state index contributed by atoms with van der Waals surface area (Å²) < 4.78 is 5.51. The van der Waals surface area contributed by atoms with Gasteiger partial charge in [-0.1, -0.05) is 13.0 Å². The number of hydrogen-bond acceptors (Lipinski definition) is 4. The lowest BCUT2D eigenvalue weighted by Gasteiger charge is -2.14. The third-order valence-electron chi connectivity index (χ3n) is 4.30. The number of anilines is 1. The van der Waals surface area contributed by atoms with Crippen molar-refractivity contribution >= 4 is 22.6 Å². The van der Waals surface area contributed by atoms with Gasteiger partial charge in [0.05, 0.1) is 11.0 Å². The lowest BCUT2D eigenvalue weighted by molar-refractivity contribution is -0.126. The van der Waals surface area contributed by atoms with Gasteiger partial charge >= 0.3 is 0 Å². The molecule has 1 aliphatic heterocycles. The lowest BCUT2D eigenvalue weighted by atomic mass is 10.0. The predicted molar refractivity (Wildman–Crippen MR) is 91.5 cm³/mol. The molecule has 1 aliphatic rings. The summed E-state index contributed by atoms with van der Waals surface area (Å²) in [6, 6.07) is 11.3. The van der Waals surface area contributed by atoms with Crippen LogP contribution in [-0.4, -0.2) is 33.6 Å². The number of H-pyrrole nitrogens is 1. The summed E-state index contributed by atoms with van der Waals surface area (Å²) in [5.41, 5.74) is 3.20. The van der Waals surface area contributed by atoms with E-state index in [-0.39, 0.29) is 17.9 Å². The van der Waals surface area contributed by atoms with Gasteiger partial charge in [0.1, 0.15) is 11.8 Å². The zero-order valence-electron chi connectivity index (χ0n) is 13.3. The number of amides is 1. The zero-order valence-corrected chi connectivity index (χ0v) is 13.3. The quantitative estimate of drug-likeness (QED) is 0.777. The van der Waals surface area contributed by atoms with Crippen molar-refractivity contribution in [2.45, 2.75) is 19.4 Å². The molecule has 0 aliphatic carbocycles. The molecule has 0 spiro atoms. The molecule has 122 valence electrons. The molecule has 1 amide bonds. The molecule has 2 N–H and O–H groups in total. The van der Waals surface area contributed by atoms with Crippen LogP contribution in [0, 0.1) is 5.92 Å². The maximum absolute atomic E-state index is 12.3. The Morgan fingerprint density at radius 1 is 1.33 bits per heavy atom. The number of aromatic amines is 1. The van der Waals surface area contributed by atoms with E-state index in [9.17, 15) is 4.79 Å². The normalized spacial score (nSPS) is 20.4. The van der Waals surface area contributed by atoms with Crippen LogP contribution >= 0.6 is 0 Å². The van der Waals surface area contributed by atoms with Crippen LogP contribution in [0.15, 0.2) is 42.6 Å². The maximum Gasteiger partial charge on any atom is 0.253 e. The molecule has 24 heavy (non-hydrogen) atoms. The first kappa shape index (κ1) is 14.8. The second-order valence-corrected chi connectivity index (χ2v) is 6.08. The van der Waals surface area contributed by atoms with Crippen molar-refractivity contribution in [1.29, 1.82) is 0 Å². The van der Waals surface area contributed by atoms with E-state index in [1.54, 1.807) is 6.20 Å². The second-order valence-electron chi connectivity index (χ2n) is 6.08. The smallest absolute Gasteiger partial charge is 0.253 e. The van der Waals surface area contributed by atoms with Gasteiger partial charge in [-0.05, 0) is 42.7 Å². The van der Waals surface area contributed by atoms with Crippen molar-refractivity contribution < 1.29 is 9.53 Å². The SMILES string of the molecule is C[C@H]1CCO[C@@H]1C(=O)Nc1ccc2nc(-c3ccccn3)[nH]c2c1. The van der Waals surface area contributed by atoms with Crippen LogP contribution in [0.3, 0.4) is 0 Å². The van der Waals surface area contributed by atoms with Crippen molar-refractivity contribution in [3.63, 3.8) is 0 Å². The highest BCUT2D eigenvalue weighted by atomic mass is 16.5. The van der Waals surface area contributed by atoms with Gasteiger partial charge in [0.2, 0.25) is 0 Å². The minimum Gasteiger partial charge on any atom is -0.368 e. The Bertz CT molecular complexity index is 875. The molecule has 2 aromatic heterocycles. The Kier molecular flexibility index (Phi) is 3.74. The Morgan fingerprint density at radius 2 is 2.25 bits per heavy atom. The van der Waals surface area contributed by atoms with Crippen LogP contribution in [0.25, 0.3) is 22.6 Å². The molecule has 2 atom stereocenters. The molecule has 4 rings (SSSR count). The maximum atomic E-state index is 12.3. The number of carbonyl (C=O) groups excluding carboxylic acids is 1. The molecular formula is C18H18N4O2. The van der Waals surface area contributed by atoms with Gasteiger partial charge in [-0.15, -0.1) is 0 Å². The number of pyridine rings is 1. The number of nitrogens with zero attached hydrogens (tertiary/aromatic N) is 2. The molecule has 1 saturated heterocycles. The first-order chi connectivity index (χ1) is 11.7. The minimum atomic E-state index is -0.369. The number of rotatable bonds is 3. The van der Waals surface area contributed by atoms with Crippen molar-refractivity contribution in [2.75, 3.05) is 11.9 Å². The van der Waals surface area contributed by atoms with Gasteiger partial charge in [-0.25, -0.2) is 4.98 Å². The van der Waals surface area contributed by atoms with Crippen LogP contribution < -0.4 is 5.32 Å². The number of aromatic nitrogens is 3. The molecule has 1 fully saturated rings. The molecule has 0 unspecified atom stereocenters.